The van der Waals surface area contributed by atoms with Crippen LogP contribution in [0.25, 0.3) is 10.9 Å². The molecule has 70 valence electrons. The van der Waals surface area contributed by atoms with E-state index in [4.69, 9.17) is 5.73 Å². The SMILES string of the molecule is NC(=O)c1nc(F)c2ccccc2n1. The number of amides is 1. The van der Waals surface area contributed by atoms with E-state index in [-0.39, 0.29) is 11.2 Å². The molecule has 5 heteroatoms. The Bertz CT molecular complexity index is 512. The van der Waals surface area contributed by atoms with Crippen LogP contribution in [-0.2, 0) is 0 Å². The molecule has 0 unspecified atom stereocenters. The summed E-state index contributed by atoms with van der Waals surface area (Å²) in [5.74, 6) is -1.87. The van der Waals surface area contributed by atoms with Gasteiger partial charge in [0.1, 0.15) is 0 Å². The largest absolute Gasteiger partial charge is 0.363 e. The van der Waals surface area contributed by atoms with Gasteiger partial charge in [0.05, 0.1) is 10.9 Å². The molecule has 4 nitrogen and oxygen atoms in total. The lowest BCUT2D eigenvalue weighted by molar-refractivity contribution is 0.0989. The maximum atomic E-state index is 13.2. The van der Waals surface area contributed by atoms with Crippen LogP contribution < -0.4 is 5.73 Å². The summed E-state index contributed by atoms with van der Waals surface area (Å²) in [6.45, 7) is 0. The molecule has 0 spiro atoms. The third-order valence-corrected chi connectivity index (χ3v) is 1.78. The number of carbonyl (C=O) groups excluding carboxylic acids is 1. The Kier molecular flexibility index (Phi) is 1.85. The second kappa shape index (κ2) is 3.02. The summed E-state index contributed by atoms with van der Waals surface area (Å²) in [5.41, 5.74) is 5.31. The first-order chi connectivity index (χ1) is 6.68. The topological polar surface area (TPSA) is 68.9 Å². The van der Waals surface area contributed by atoms with Gasteiger partial charge >= 0.3 is 0 Å². The van der Waals surface area contributed by atoms with Crippen LogP contribution in [0.15, 0.2) is 24.3 Å². The van der Waals surface area contributed by atoms with Gasteiger partial charge in [0.25, 0.3) is 5.91 Å². The number of carbonyl (C=O) groups is 1. The zero-order valence-electron chi connectivity index (χ0n) is 7.07. The molecule has 0 atom stereocenters. The summed E-state index contributed by atoms with van der Waals surface area (Å²) in [6.07, 6.45) is 0. The molecule has 14 heavy (non-hydrogen) atoms. The number of primary amides is 1. The Hall–Kier alpha value is -2.04. The molecule has 0 aliphatic heterocycles. The first-order valence-electron chi connectivity index (χ1n) is 3.90. The van der Waals surface area contributed by atoms with Gasteiger partial charge in [0.15, 0.2) is 0 Å². The maximum absolute atomic E-state index is 13.2. The fourth-order valence-corrected chi connectivity index (χ4v) is 1.15. The average molecular weight is 191 g/mol. The number of aromatic nitrogens is 2. The van der Waals surface area contributed by atoms with Crippen LogP contribution in [0, 0.1) is 5.95 Å². The number of halogens is 1. The third-order valence-electron chi connectivity index (χ3n) is 1.78. The number of hydrogen-bond acceptors (Lipinski definition) is 3. The molecule has 1 heterocycles. The second-order valence-corrected chi connectivity index (χ2v) is 2.72. The smallest absolute Gasteiger partial charge is 0.286 e. The van der Waals surface area contributed by atoms with Gasteiger partial charge in [-0.1, -0.05) is 12.1 Å². The van der Waals surface area contributed by atoms with Crippen LogP contribution in [0.4, 0.5) is 4.39 Å². The summed E-state index contributed by atoms with van der Waals surface area (Å²) >= 11 is 0. The van der Waals surface area contributed by atoms with Crippen molar-refractivity contribution in [3.63, 3.8) is 0 Å². The minimum absolute atomic E-state index is 0.275. The number of nitrogens with two attached hydrogens (primary N) is 1. The molecule has 0 aliphatic carbocycles. The van der Waals surface area contributed by atoms with Crippen molar-refractivity contribution in [1.29, 1.82) is 0 Å². The van der Waals surface area contributed by atoms with Crippen LogP contribution in [0.1, 0.15) is 10.6 Å². The number of para-hydroxylation sites is 1. The first kappa shape index (κ1) is 8.55. The van der Waals surface area contributed by atoms with Gasteiger partial charge in [-0.25, -0.2) is 4.98 Å². The molecule has 1 amide bonds. The highest BCUT2D eigenvalue weighted by molar-refractivity contribution is 5.91. The summed E-state index contributed by atoms with van der Waals surface area (Å²) in [4.78, 5) is 17.9. The van der Waals surface area contributed by atoms with E-state index < -0.39 is 11.9 Å². The molecule has 2 N–H and O–H groups in total. The third kappa shape index (κ3) is 1.28. The predicted octanol–water partition coefficient (Wildman–Crippen LogP) is 0.868. The number of rotatable bonds is 1. The van der Waals surface area contributed by atoms with Gasteiger partial charge in [-0.2, -0.15) is 9.37 Å². The molecule has 2 aromatic rings. The van der Waals surface area contributed by atoms with Crippen molar-refractivity contribution >= 4 is 16.8 Å². The number of fused-ring (bicyclic) bond motifs is 1. The molecule has 0 aliphatic rings. The number of hydrogen-bond donors (Lipinski definition) is 1. The minimum Gasteiger partial charge on any atom is -0.363 e. The summed E-state index contributed by atoms with van der Waals surface area (Å²) in [7, 11) is 0. The molecule has 0 saturated heterocycles. The van der Waals surface area contributed by atoms with Crippen molar-refractivity contribution in [1.82, 2.24) is 9.97 Å². The van der Waals surface area contributed by atoms with Crippen molar-refractivity contribution in [2.75, 3.05) is 0 Å². The maximum Gasteiger partial charge on any atom is 0.286 e. The lowest BCUT2D eigenvalue weighted by Crippen LogP contribution is -2.16. The zero-order chi connectivity index (χ0) is 10.1. The van der Waals surface area contributed by atoms with E-state index in [0.29, 0.717) is 5.52 Å². The highest BCUT2D eigenvalue weighted by atomic mass is 19.1. The molecule has 2 rings (SSSR count). The Morgan fingerprint density at radius 3 is 2.71 bits per heavy atom. The Morgan fingerprint density at radius 2 is 2.00 bits per heavy atom. The van der Waals surface area contributed by atoms with Crippen LogP contribution in [0.3, 0.4) is 0 Å². The van der Waals surface area contributed by atoms with Gasteiger partial charge in [0, 0.05) is 0 Å². The Balaban J connectivity index is 2.78. The fraction of sp³-hybridized carbons (Fsp3) is 0. The summed E-state index contributed by atoms with van der Waals surface area (Å²) < 4.78 is 13.2. The Labute approximate surface area is 78.6 Å². The predicted molar refractivity (Wildman–Crippen MR) is 48.0 cm³/mol. The molecule has 1 aromatic heterocycles. The van der Waals surface area contributed by atoms with Crippen molar-refractivity contribution in [2.45, 2.75) is 0 Å². The lowest BCUT2D eigenvalue weighted by Gasteiger charge is -1.99. The summed E-state index contributed by atoms with van der Waals surface area (Å²) in [6, 6.07) is 6.49. The molecule has 0 bridgehead atoms. The van der Waals surface area contributed by atoms with Crippen molar-refractivity contribution in [2.24, 2.45) is 5.73 Å². The van der Waals surface area contributed by atoms with Gasteiger partial charge in [-0.05, 0) is 12.1 Å². The monoisotopic (exact) mass is 191 g/mol. The Morgan fingerprint density at radius 1 is 1.29 bits per heavy atom. The molecule has 0 saturated carbocycles. The van der Waals surface area contributed by atoms with Gasteiger partial charge in [-0.15, -0.1) is 0 Å². The van der Waals surface area contributed by atoms with E-state index in [1.807, 2.05) is 0 Å². The second-order valence-electron chi connectivity index (χ2n) is 2.72. The first-order valence-corrected chi connectivity index (χ1v) is 3.90. The van der Waals surface area contributed by atoms with E-state index >= 15 is 0 Å². The highest BCUT2D eigenvalue weighted by Crippen LogP contribution is 2.13. The normalized spacial score (nSPS) is 10.4. The molecule has 1 aromatic carbocycles. The van der Waals surface area contributed by atoms with E-state index in [0.717, 1.165) is 0 Å². The van der Waals surface area contributed by atoms with Crippen LogP contribution in [0.2, 0.25) is 0 Å². The fourth-order valence-electron chi connectivity index (χ4n) is 1.15. The van der Waals surface area contributed by atoms with Gasteiger partial charge in [-0.3, -0.25) is 4.79 Å². The average Bonchev–Trinajstić information content (AvgIpc) is 2.17. The van der Waals surface area contributed by atoms with Crippen molar-refractivity contribution in [3.8, 4) is 0 Å². The molecular formula is C9H6FN3O. The lowest BCUT2D eigenvalue weighted by atomic mass is 10.2. The van der Waals surface area contributed by atoms with Crippen LogP contribution >= 0.6 is 0 Å². The molecule has 0 fully saturated rings. The number of nitrogens with zero attached hydrogens (tertiary/aromatic N) is 2. The van der Waals surface area contributed by atoms with Crippen molar-refractivity contribution < 1.29 is 9.18 Å². The van der Waals surface area contributed by atoms with E-state index in [1.165, 1.54) is 6.07 Å². The van der Waals surface area contributed by atoms with E-state index in [1.54, 1.807) is 18.2 Å². The summed E-state index contributed by atoms with van der Waals surface area (Å²) in [5, 5.41) is 0.275. The molecular weight excluding hydrogens is 185 g/mol. The van der Waals surface area contributed by atoms with Gasteiger partial charge in [0.2, 0.25) is 11.8 Å². The highest BCUT2D eigenvalue weighted by Gasteiger charge is 2.09. The minimum atomic E-state index is -0.838. The zero-order valence-corrected chi connectivity index (χ0v) is 7.07. The quantitative estimate of drug-likeness (QED) is 0.680. The van der Waals surface area contributed by atoms with E-state index in [9.17, 15) is 9.18 Å². The van der Waals surface area contributed by atoms with E-state index in [2.05, 4.69) is 9.97 Å². The van der Waals surface area contributed by atoms with Crippen LogP contribution in [0.5, 0.6) is 0 Å². The molecule has 0 radical (unpaired) electrons. The van der Waals surface area contributed by atoms with Gasteiger partial charge < -0.3 is 5.73 Å². The number of benzene rings is 1. The standard InChI is InChI=1S/C9H6FN3O/c10-7-5-3-1-2-4-6(5)12-9(13-7)8(11)14/h1-4H,(H2,11,14). The van der Waals surface area contributed by atoms with Crippen LogP contribution in [-0.4, -0.2) is 15.9 Å². The van der Waals surface area contributed by atoms with Crippen molar-refractivity contribution in [3.05, 3.63) is 36.0 Å².